The number of hydrogen-bond donors (Lipinski definition) is 3. The van der Waals surface area contributed by atoms with E-state index in [1.807, 2.05) is 42.5 Å². The molecule has 1 atom stereocenters. The van der Waals surface area contributed by atoms with Gasteiger partial charge in [0.25, 0.3) is 0 Å². The highest BCUT2D eigenvalue weighted by Crippen LogP contribution is 2.06. The molecule has 4 N–H and O–H groups in total. The van der Waals surface area contributed by atoms with Crippen molar-refractivity contribution in [1.82, 2.24) is 5.32 Å². The van der Waals surface area contributed by atoms with E-state index in [1.165, 1.54) is 5.56 Å². The van der Waals surface area contributed by atoms with Crippen LogP contribution in [0.5, 0.6) is 0 Å². The van der Waals surface area contributed by atoms with Gasteiger partial charge in [-0.15, -0.1) is 0 Å². The molecule has 2 aromatic carbocycles. The van der Waals surface area contributed by atoms with Crippen LogP contribution in [0.4, 0.5) is 0 Å². The first kappa shape index (κ1) is 15.2. The summed E-state index contributed by atoms with van der Waals surface area (Å²) < 4.78 is 0. The molecule has 0 fully saturated rings. The molecule has 0 radical (unpaired) electrons. The number of benzene rings is 2. The summed E-state index contributed by atoms with van der Waals surface area (Å²) >= 11 is 0. The molecule has 2 aromatic rings. The van der Waals surface area contributed by atoms with E-state index in [4.69, 9.17) is 5.73 Å². The van der Waals surface area contributed by atoms with Crippen molar-refractivity contribution in [2.24, 2.45) is 5.73 Å². The standard InChI is InChI=1S/C17H20N2O2/c18-17(21)15-8-6-14(7-9-15)11-19-16(12-20)10-13-4-2-1-3-5-13/h1-9,16,19-20H,10-12H2,(H2,18,21). The molecule has 1 unspecified atom stereocenters. The number of hydrogen-bond acceptors (Lipinski definition) is 3. The Morgan fingerprint density at radius 1 is 1.05 bits per heavy atom. The van der Waals surface area contributed by atoms with E-state index in [1.54, 1.807) is 12.1 Å². The largest absolute Gasteiger partial charge is 0.395 e. The lowest BCUT2D eigenvalue weighted by atomic mass is 10.1. The molecule has 110 valence electrons. The lowest BCUT2D eigenvalue weighted by Gasteiger charge is -2.16. The minimum atomic E-state index is -0.424. The highest BCUT2D eigenvalue weighted by molar-refractivity contribution is 5.92. The van der Waals surface area contributed by atoms with Crippen LogP contribution in [0.1, 0.15) is 21.5 Å². The average molecular weight is 284 g/mol. The van der Waals surface area contributed by atoms with E-state index < -0.39 is 5.91 Å². The van der Waals surface area contributed by atoms with Gasteiger partial charge in [0.15, 0.2) is 0 Å². The summed E-state index contributed by atoms with van der Waals surface area (Å²) in [6.07, 6.45) is 0.775. The Balaban J connectivity index is 1.89. The molecule has 0 aromatic heterocycles. The third-order valence-corrected chi connectivity index (χ3v) is 3.38. The van der Waals surface area contributed by atoms with Crippen molar-refractivity contribution in [2.75, 3.05) is 6.61 Å². The molecule has 2 rings (SSSR count). The van der Waals surface area contributed by atoms with Crippen molar-refractivity contribution in [1.29, 1.82) is 0 Å². The summed E-state index contributed by atoms with van der Waals surface area (Å²) in [7, 11) is 0. The van der Waals surface area contributed by atoms with Crippen molar-refractivity contribution in [3.63, 3.8) is 0 Å². The molecule has 0 aliphatic carbocycles. The number of aliphatic hydroxyl groups excluding tert-OH is 1. The Hall–Kier alpha value is -2.17. The predicted octanol–water partition coefficient (Wildman–Crippen LogP) is 1.48. The normalized spacial score (nSPS) is 12.0. The number of amides is 1. The molecule has 0 spiro atoms. The zero-order valence-corrected chi connectivity index (χ0v) is 11.8. The van der Waals surface area contributed by atoms with Gasteiger partial charge in [-0.25, -0.2) is 0 Å². The fourth-order valence-corrected chi connectivity index (χ4v) is 2.15. The van der Waals surface area contributed by atoms with Crippen molar-refractivity contribution in [2.45, 2.75) is 19.0 Å². The van der Waals surface area contributed by atoms with E-state index in [9.17, 15) is 9.90 Å². The third kappa shape index (κ3) is 4.70. The highest BCUT2D eigenvalue weighted by Gasteiger charge is 2.08. The van der Waals surface area contributed by atoms with Crippen LogP contribution in [0, 0.1) is 0 Å². The van der Waals surface area contributed by atoms with Crippen molar-refractivity contribution >= 4 is 5.91 Å². The number of nitrogens with one attached hydrogen (secondary N) is 1. The maximum atomic E-state index is 11.0. The van der Waals surface area contributed by atoms with Gasteiger partial charge in [0.1, 0.15) is 0 Å². The molecule has 4 nitrogen and oxygen atoms in total. The summed E-state index contributed by atoms with van der Waals surface area (Å²) in [5, 5.41) is 12.8. The second-order valence-electron chi connectivity index (χ2n) is 5.01. The van der Waals surface area contributed by atoms with Gasteiger partial charge in [-0.3, -0.25) is 4.79 Å². The quantitative estimate of drug-likeness (QED) is 0.721. The molecular weight excluding hydrogens is 264 g/mol. The van der Waals surface area contributed by atoms with E-state index in [2.05, 4.69) is 5.32 Å². The van der Waals surface area contributed by atoms with Crippen LogP contribution in [-0.2, 0) is 13.0 Å². The van der Waals surface area contributed by atoms with Crippen LogP contribution in [0.25, 0.3) is 0 Å². The van der Waals surface area contributed by atoms with Gasteiger partial charge in [-0.2, -0.15) is 0 Å². The fourth-order valence-electron chi connectivity index (χ4n) is 2.15. The SMILES string of the molecule is NC(=O)c1ccc(CNC(CO)Cc2ccccc2)cc1. The van der Waals surface area contributed by atoms with Gasteiger partial charge >= 0.3 is 0 Å². The zero-order chi connectivity index (χ0) is 15.1. The van der Waals surface area contributed by atoms with Crippen molar-refractivity contribution in [3.05, 3.63) is 71.3 Å². The van der Waals surface area contributed by atoms with Gasteiger partial charge in [0.05, 0.1) is 6.61 Å². The summed E-state index contributed by atoms with van der Waals surface area (Å²) in [5.41, 5.74) is 7.94. The van der Waals surface area contributed by atoms with Crippen LogP contribution in [0.2, 0.25) is 0 Å². The second-order valence-corrected chi connectivity index (χ2v) is 5.01. The monoisotopic (exact) mass is 284 g/mol. The molecule has 0 aliphatic rings. The number of primary amides is 1. The molecule has 0 bridgehead atoms. The maximum absolute atomic E-state index is 11.0. The van der Waals surface area contributed by atoms with Gasteiger partial charge in [0.2, 0.25) is 5.91 Å². The third-order valence-electron chi connectivity index (χ3n) is 3.38. The van der Waals surface area contributed by atoms with E-state index >= 15 is 0 Å². The Kier molecular flexibility index (Phi) is 5.49. The molecule has 0 aliphatic heterocycles. The molecule has 0 heterocycles. The van der Waals surface area contributed by atoms with Gasteiger partial charge < -0.3 is 16.2 Å². The van der Waals surface area contributed by atoms with E-state index in [0.29, 0.717) is 12.1 Å². The zero-order valence-electron chi connectivity index (χ0n) is 11.8. The first-order valence-corrected chi connectivity index (χ1v) is 6.96. The van der Waals surface area contributed by atoms with Crippen molar-refractivity contribution in [3.8, 4) is 0 Å². The van der Waals surface area contributed by atoms with Crippen LogP contribution in [-0.4, -0.2) is 23.7 Å². The summed E-state index contributed by atoms with van der Waals surface area (Å²) in [6.45, 7) is 0.714. The van der Waals surface area contributed by atoms with Gasteiger partial charge in [0, 0.05) is 18.2 Å². The summed E-state index contributed by atoms with van der Waals surface area (Å²) in [6, 6.07) is 17.2. The van der Waals surface area contributed by atoms with Crippen LogP contribution >= 0.6 is 0 Å². The molecular formula is C17H20N2O2. The average Bonchev–Trinajstić information content (AvgIpc) is 2.52. The predicted molar refractivity (Wildman–Crippen MR) is 82.8 cm³/mol. The van der Waals surface area contributed by atoms with Crippen LogP contribution in [0.15, 0.2) is 54.6 Å². The number of carbonyl (C=O) groups excluding carboxylic acids is 1. The van der Waals surface area contributed by atoms with E-state index in [0.717, 1.165) is 12.0 Å². The topological polar surface area (TPSA) is 75.4 Å². The lowest BCUT2D eigenvalue weighted by molar-refractivity contribution is 0.100. The lowest BCUT2D eigenvalue weighted by Crippen LogP contribution is -2.34. The van der Waals surface area contributed by atoms with E-state index in [-0.39, 0.29) is 12.6 Å². The first-order chi connectivity index (χ1) is 10.2. The van der Waals surface area contributed by atoms with Gasteiger partial charge in [-0.05, 0) is 29.7 Å². The van der Waals surface area contributed by atoms with Crippen molar-refractivity contribution < 1.29 is 9.90 Å². The minimum Gasteiger partial charge on any atom is -0.395 e. The Bertz CT molecular complexity index is 567. The fraction of sp³-hybridized carbons (Fsp3) is 0.235. The summed E-state index contributed by atoms with van der Waals surface area (Å²) in [5.74, 6) is -0.424. The molecule has 21 heavy (non-hydrogen) atoms. The maximum Gasteiger partial charge on any atom is 0.248 e. The second kappa shape index (κ2) is 7.57. The van der Waals surface area contributed by atoms with Crippen LogP contribution < -0.4 is 11.1 Å². The summed E-state index contributed by atoms with van der Waals surface area (Å²) in [4.78, 5) is 11.0. The Morgan fingerprint density at radius 2 is 1.71 bits per heavy atom. The number of nitrogens with two attached hydrogens (primary N) is 1. The molecule has 4 heteroatoms. The van der Waals surface area contributed by atoms with Gasteiger partial charge in [-0.1, -0.05) is 42.5 Å². The molecule has 1 amide bonds. The number of rotatable bonds is 7. The Labute approximate surface area is 124 Å². The smallest absolute Gasteiger partial charge is 0.248 e. The Morgan fingerprint density at radius 3 is 2.29 bits per heavy atom. The molecule has 0 saturated carbocycles. The number of carbonyl (C=O) groups is 1. The number of aliphatic hydroxyl groups is 1. The highest BCUT2D eigenvalue weighted by atomic mass is 16.3. The van der Waals surface area contributed by atoms with Crippen LogP contribution in [0.3, 0.4) is 0 Å². The minimum absolute atomic E-state index is 0.00298. The first-order valence-electron chi connectivity index (χ1n) is 6.96. The molecule has 0 saturated heterocycles.